The molecule has 0 aromatic heterocycles. The molecule has 1 saturated carbocycles. The second kappa shape index (κ2) is 12.2. The van der Waals surface area contributed by atoms with E-state index >= 15 is 0 Å². The van der Waals surface area contributed by atoms with Crippen molar-refractivity contribution in [1.82, 2.24) is 5.32 Å². The van der Waals surface area contributed by atoms with Crippen molar-refractivity contribution >= 4 is 24.0 Å². The van der Waals surface area contributed by atoms with Crippen molar-refractivity contribution < 1.29 is 9.47 Å². The van der Waals surface area contributed by atoms with Gasteiger partial charge in [0.05, 0.1) is 6.61 Å². The largest absolute Gasteiger partial charge is 0.490 e. The van der Waals surface area contributed by atoms with Crippen molar-refractivity contribution in [2.45, 2.75) is 64.6 Å². The molecular formula is C23H31Cl2NO2. The first-order chi connectivity index (χ1) is 13.3. The molecule has 1 aliphatic carbocycles. The molecule has 0 saturated heterocycles. The fraction of sp³-hybridized carbons (Fsp3) is 0.478. The van der Waals surface area contributed by atoms with Gasteiger partial charge in [-0.15, -0.1) is 12.4 Å². The Labute approximate surface area is 180 Å². The number of hydrogen-bond donors (Lipinski definition) is 1. The highest BCUT2D eigenvalue weighted by Gasteiger charge is 2.13. The summed E-state index contributed by atoms with van der Waals surface area (Å²) in [6, 6.07) is 14.6. The number of hydrogen-bond acceptors (Lipinski definition) is 3. The zero-order valence-electron chi connectivity index (χ0n) is 16.6. The molecule has 0 amide bonds. The molecule has 0 bridgehead atoms. The number of nitrogens with one attached hydrogen (secondary N) is 1. The third-order valence-electron chi connectivity index (χ3n) is 5.10. The van der Waals surface area contributed by atoms with Crippen molar-refractivity contribution in [3.05, 3.63) is 58.6 Å². The fourth-order valence-electron chi connectivity index (χ4n) is 3.57. The van der Waals surface area contributed by atoms with Crippen molar-refractivity contribution in [2.75, 3.05) is 6.61 Å². The minimum absolute atomic E-state index is 0. The molecule has 1 aliphatic rings. The highest BCUT2D eigenvalue weighted by molar-refractivity contribution is 6.31. The van der Waals surface area contributed by atoms with Gasteiger partial charge in [-0.1, -0.05) is 61.5 Å². The Morgan fingerprint density at radius 1 is 0.964 bits per heavy atom. The Bertz CT molecular complexity index is 715. The molecule has 154 valence electrons. The minimum atomic E-state index is 0. The first kappa shape index (κ1) is 22.9. The van der Waals surface area contributed by atoms with Crippen LogP contribution in [0, 0.1) is 0 Å². The van der Waals surface area contributed by atoms with Crippen LogP contribution in [0.25, 0.3) is 0 Å². The molecule has 0 spiro atoms. The summed E-state index contributed by atoms with van der Waals surface area (Å²) >= 11 is 6.22. The van der Waals surface area contributed by atoms with Crippen LogP contribution in [-0.4, -0.2) is 12.6 Å². The van der Waals surface area contributed by atoms with Crippen LogP contribution in [0.4, 0.5) is 0 Å². The standard InChI is InChI=1S/C23H30ClNO2.ClH/c1-2-26-23-15-18(16-25-20-10-5-3-4-6-11-20)13-14-22(23)27-17-19-9-7-8-12-21(19)24;/h7-9,12-15,20,25H,2-6,10-11,16-17H2,1H3;1H. The average molecular weight is 424 g/mol. The SMILES string of the molecule is CCOc1cc(CNC2CCCCCC2)ccc1OCc1ccccc1Cl.Cl. The third kappa shape index (κ3) is 6.88. The summed E-state index contributed by atoms with van der Waals surface area (Å²) in [6.07, 6.45) is 8.02. The van der Waals surface area contributed by atoms with Gasteiger partial charge in [0.15, 0.2) is 11.5 Å². The molecule has 2 aromatic carbocycles. The first-order valence-electron chi connectivity index (χ1n) is 10.1. The molecule has 0 unspecified atom stereocenters. The van der Waals surface area contributed by atoms with Gasteiger partial charge < -0.3 is 14.8 Å². The van der Waals surface area contributed by atoms with Crippen LogP contribution in [0.3, 0.4) is 0 Å². The van der Waals surface area contributed by atoms with E-state index in [1.165, 1.54) is 44.1 Å². The van der Waals surface area contributed by atoms with Gasteiger partial charge in [0.2, 0.25) is 0 Å². The fourth-order valence-corrected chi connectivity index (χ4v) is 3.76. The van der Waals surface area contributed by atoms with Gasteiger partial charge in [-0.2, -0.15) is 0 Å². The molecule has 3 nitrogen and oxygen atoms in total. The van der Waals surface area contributed by atoms with E-state index in [1.54, 1.807) is 0 Å². The lowest BCUT2D eigenvalue weighted by molar-refractivity contribution is 0.269. The van der Waals surface area contributed by atoms with E-state index < -0.39 is 0 Å². The summed E-state index contributed by atoms with van der Waals surface area (Å²) < 4.78 is 11.8. The van der Waals surface area contributed by atoms with E-state index in [1.807, 2.05) is 37.3 Å². The number of rotatable bonds is 8. The molecule has 3 rings (SSSR count). The van der Waals surface area contributed by atoms with Gasteiger partial charge in [0, 0.05) is 23.2 Å². The van der Waals surface area contributed by atoms with E-state index in [9.17, 15) is 0 Å². The molecule has 28 heavy (non-hydrogen) atoms. The number of halogens is 2. The summed E-state index contributed by atoms with van der Waals surface area (Å²) in [5.74, 6) is 1.56. The number of ether oxygens (including phenoxy) is 2. The van der Waals surface area contributed by atoms with Crippen LogP contribution >= 0.6 is 24.0 Å². The molecule has 1 N–H and O–H groups in total. The van der Waals surface area contributed by atoms with Gasteiger partial charge in [0.1, 0.15) is 6.61 Å². The van der Waals surface area contributed by atoms with E-state index in [0.717, 1.165) is 28.6 Å². The number of benzene rings is 2. The van der Waals surface area contributed by atoms with Gasteiger partial charge >= 0.3 is 0 Å². The smallest absolute Gasteiger partial charge is 0.161 e. The van der Waals surface area contributed by atoms with E-state index in [4.69, 9.17) is 21.1 Å². The zero-order valence-corrected chi connectivity index (χ0v) is 18.2. The van der Waals surface area contributed by atoms with Crippen molar-refractivity contribution in [1.29, 1.82) is 0 Å². The molecule has 5 heteroatoms. The second-order valence-corrected chi connectivity index (χ2v) is 7.57. The van der Waals surface area contributed by atoms with E-state index in [-0.39, 0.29) is 12.4 Å². The normalized spacial score (nSPS) is 14.8. The first-order valence-corrected chi connectivity index (χ1v) is 10.5. The van der Waals surface area contributed by atoms with Gasteiger partial charge in [-0.25, -0.2) is 0 Å². The highest BCUT2D eigenvalue weighted by atomic mass is 35.5. The zero-order chi connectivity index (χ0) is 18.9. The van der Waals surface area contributed by atoms with Crippen LogP contribution in [-0.2, 0) is 13.2 Å². The molecule has 0 heterocycles. The predicted octanol–water partition coefficient (Wildman–Crippen LogP) is 6.55. The third-order valence-corrected chi connectivity index (χ3v) is 5.47. The molecule has 0 radical (unpaired) electrons. The summed E-state index contributed by atoms with van der Waals surface area (Å²) in [4.78, 5) is 0. The Morgan fingerprint density at radius 3 is 2.43 bits per heavy atom. The van der Waals surface area contributed by atoms with Crippen LogP contribution in [0.5, 0.6) is 11.5 Å². The molecule has 1 fully saturated rings. The van der Waals surface area contributed by atoms with Gasteiger partial charge in [-0.05, 0) is 43.5 Å². The lowest BCUT2D eigenvalue weighted by atomic mass is 10.1. The topological polar surface area (TPSA) is 30.5 Å². The summed E-state index contributed by atoms with van der Waals surface area (Å²) in [7, 11) is 0. The maximum atomic E-state index is 6.22. The summed E-state index contributed by atoms with van der Waals surface area (Å²) in [5, 5.41) is 4.44. The minimum Gasteiger partial charge on any atom is -0.490 e. The van der Waals surface area contributed by atoms with Crippen molar-refractivity contribution in [2.24, 2.45) is 0 Å². The van der Waals surface area contributed by atoms with E-state index in [0.29, 0.717) is 19.3 Å². The van der Waals surface area contributed by atoms with Gasteiger partial charge in [-0.3, -0.25) is 0 Å². The predicted molar refractivity (Wildman–Crippen MR) is 119 cm³/mol. The van der Waals surface area contributed by atoms with Crippen LogP contribution in [0.1, 0.15) is 56.6 Å². The lowest BCUT2D eigenvalue weighted by Gasteiger charge is -2.18. The molecule has 2 aromatic rings. The summed E-state index contributed by atoms with van der Waals surface area (Å²) in [6.45, 7) is 3.91. The van der Waals surface area contributed by atoms with Crippen molar-refractivity contribution in [3.63, 3.8) is 0 Å². The van der Waals surface area contributed by atoms with Gasteiger partial charge in [0.25, 0.3) is 0 Å². The van der Waals surface area contributed by atoms with Crippen molar-refractivity contribution in [3.8, 4) is 11.5 Å². The second-order valence-electron chi connectivity index (χ2n) is 7.16. The Kier molecular flexibility index (Phi) is 9.97. The highest BCUT2D eigenvalue weighted by Crippen LogP contribution is 2.30. The van der Waals surface area contributed by atoms with Crippen LogP contribution < -0.4 is 14.8 Å². The van der Waals surface area contributed by atoms with Crippen LogP contribution in [0.2, 0.25) is 5.02 Å². The molecular weight excluding hydrogens is 393 g/mol. The Morgan fingerprint density at radius 2 is 1.71 bits per heavy atom. The van der Waals surface area contributed by atoms with Crippen LogP contribution in [0.15, 0.2) is 42.5 Å². The Balaban J connectivity index is 0.00000280. The van der Waals surface area contributed by atoms with E-state index in [2.05, 4.69) is 17.4 Å². The summed E-state index contributed by atoms with van der Waals surface area (Å²) in [5.41, 5.74) is 2.20. The quantitative estimate of drug-likeness (QED) is 0.488. The maximum absolute atomic E-state index is 6.22. The maximum Gasteiger partial charge on any atom is 0.161 e. The monoisotopic (exact) mass is 423 g/mol. The Hall–Kier alpha value is -1.42. The lowest BCUT2D eigenvalue weighted by Crippen LogP contribution is -2.27. The molecule has 0 atom stereocenters. The average Bonchev–Trinajstić information content (AvgIpc) is 2.96. The molecule has 0 aliphatic heterocycles.